The van der Waals surface area contributed by atoms with E-state index in [4.69, 9.17) is 4.42 Å². The summed E-state index contributed by atoms with van der Waals surface area (Å²) in [5.41, 5.74) is -1.69. The molecule has 110 valence electrons. The van der Waals surface area contributed by atoms with Crippen molar-refractivity contribution in [2.24, 2.45) is 0 Å². The summed E-state index contributed by atoms with van der Waals surface area (Å²) < 4.78 is 17.1. The van der Waals surface area contributed by atoms with Gasteiger partial charge < -0.3 is 28.7 Å². The molecular weight excluding hydrogens is 331 g/mol. The Morgan fingerprint density at radius 1 is 1.45 bits per heavy atom. The number of carboxylic acid groups (broad SMARTS) is 1. The van der Waals surface area contributed by atoms with Crippen molar-refractivity contribution in [3.05, 3.63) is 24.2 Å². The summed E-state index contributed by atoms with van der Waals surface area (Å²) in [6, 6.07) is 3.04. The summed E-state index contributed by atoms with van der Waals surface area (Å²) in [5, 5.41) is 11.1. The van der Waals surface area contributed by atoms with Gasteiger partial charge in [0.2, 0.25) is 5.91 Å². The smallest absolute Gasteiger partial charge is 0.798 e. The Balaban J connectivity index is 0.00000220. The molecule has 2 rings (SSSR count). The number of carboxylic acids is 1. The summed E-state index contributed by atoms with van der Waals surface area (Å²) >= 11 is 0. The van der Waals surface area contributed by atoms with E-state index in [1.165, 1.54) is 17.2 Å². The van der Waals surface area contributed by atoms with Gasteiger partial charge in [0.15, 0.2) is 0 Å². The third-order valence-electron chi connectivity index (χ3n) is 3.26. The van der Waals surface area contributed by atoms with Crippen molar-refractivity contribution in [3.63, 3.8) is 0 Å². The largest absolute Gasteiger partial charge is 1.00 e. The van der Waals surface area contributed by atoms with Gasteiger partial charge in [0, 0.05) is 32.4 Å². The van der Waals surface area contributed by atoms with Gasteiger partial charge in [-0.05, 0) is 18.6 Å². The van der Waals surface area contributed by atoms with Crippen LogP contribution in [0.3, 0.4) is 0 Å². The first-order chi connectivity index (χ1) is 9.40. The summed E-state index contributed by atoms with van der Waals surface area (Å²) in [7, 11) is -4.35. The predicted molar refractivity (Wildman–Crippen MR) is 64.6 cm³/mol. The van der Waals surface area contributed by atoms with E-state index in [9.17, 15) is 24.2 Å². The Morgan fingerprint density at radius 3 is 2.59 bits per heavy atom. The average molecular weight is 345 g/mol. The summed E-state index contributed by atoms with van der Waals surface area (Å²) in [6.45, 7) is 0.339. The molecule has 7 nitrogen and oxygen atoms in total. The van der Waals surface area contributed by atoms with E-state index >= 15 is 0 Å². The zero-order valence-electron chi connectivity index (χ0n) is 12.7. The first-order valence-corrected chi connectivity index (χ1v) is 8.09. The Morgan fingerprint density at radius 2 is 2.14 bits per heavy atom. The van der Waals surface area contributed by atoms with E-state index < -0.39 is 25.3 Å². The number of likely N-dealkylation sites (tertiary alicyclic amines) is 1. The van der Waals surface area contributed by atoms with Crippen LogP contribution in [0.15, 0.2) is 22.8 Å². The summed E-state index contributed by atoms with van der Waals surface area (Å²) in [6.07, 6.45) is 1.37. The minimum absolute atomic E-state index is 0. The van der Waals surface area contributed by atoms with Gasteiger partial charge in [-0.25, -0.2) is 0 Å². The molecule has 0 saturated carbocycles. The Kier molecular flexibility index (Phi) is 9.82. The number of nitrogens with zero attached hydrogens (tertiary/aromatic N) is 1. The molecule has 0 N–H and O–H groups in total. The van der Waals surface area contributed by atoms with Gasteiger partial charge in [-0.15, -0.1) is 0 Å². The van der Waals surface area contributed by atoms with Gasteiger partial charge in [0.1, 0.15) is 5.76 Å². The van der Waals surface area contributed by atoms with Crippen LogP contribution in [0, 0.1) is 0 Å². The number of rotatable bonds is 6. The number of aliphatic carboxylic acids is 1. The van der Waals surface area contributed by atoms with Crippen molar-refractivity contribution in [3.8, 4) is 0 Å². The van der Waals surface area contributed by atoms with Crippen molar-refractivity contribution >= 4 is 19.2 Å². The van der Waals surface area contributed by atoms with Crippen LogP contribution in [-0.4, -0.2) is 35.3 Å². The summed E-state index contributed by atoms with van der Waals surface area (Å²) in [4.78, 5) is 35.9. The summed E-state index contributed by atoms with van der Waals surface area (Å²) in [5.74, 6) is -1.69. The molecular formula is C12H14NNa2O6P. The predicted octanol–water partition coefficient (Wildman–Crippen LogP) is -6.83. The first kappa shape index (κ1) is 22.4. The molecule has 10 heteroatoms. The molecule has 0 bridgehead atoms. The third kappa shape index (κ3) is 5.80. The zero-order chi connectivity index (χ0) is 14.8. The molecule has 1 aromatic rings. The van der Waals surface area contributed by atoms with E-state index in [2.05, 4.69) is 0 Å². The van der Waals surface area contributed by atoms with E-state index in [1.807, 2.05) is 0 Å². The Bertz CT molecular complexity index is 550. The number of hydrogen-bond donors (Lipinski definition) is 0. The molecule has 22 heavy (non-hydrogen) atoms. The number of carbonyl (C=O) groups is 2. The second kappa shape index (κ2) is 9.64. The third-order valence-corrected chi connectivity index (χ3v) is 5.34. The number of amides is 1. The van der Waals surface area contributed by atoms with Crippen molar-refractivity contribution < 1.29 is 87.7 Å². The normalized spacial score (nSPS) is 18.0. The van der Waals surface area contributed by atoms with Gasteiger partial charge in [-0.2, -0.15) is 0 Å². The standard InChI is InChI=1S/C12H16NO6P.2Na/c14-11-4-1-5-13(11)8-20(17,18)10(12(15)16)7-9-3-2-6-19-9;;/h2-3,6,10H,1,4-5,7-8H2,(H,15,16)(H,17,18);;/q;2*+1/p-2. The monoisotopic (exact) mass is 345 g/mol. The van der Waals surface area contributed by atoms with Crippen molar-refractivity contribution in [1.29, 1.82) is 0 Å². The molecule has 1 aromatic heterocycles. The number of carbonyl (C=O) groups excluding carboxylic acids is 2. The van der Waals surface area contributed by atoms with Crippen LogP contribution in [0.1, 0.15) is 18.6 Å². The molecule has 1 saturated heterocycles. The van der Waals surface area contributed by atoms with Crippen molar-refractivity contribution in [1.82, 2.24) is 4.90 Å². The second-order valence-corrected chi connectivity index (χ2v) is 7.11. The fourth-order valence-corrected chi connectivity index (χ4v) is 3.94. The SMILES string of the molecule is O=C([O-])C(Cc1ccco1)P(=O)([O-])CN1CCCC1=O.[Na+].[Na+]. The van der Waals surface area contributed by atoms with Gasteiger partial charge in [-0.1, -0.05) is 0 Å². The molecule has 2 atom stereocenters. The quantitative estimate of drug-likeness (QED) is 0.374. The Labute approximate surface area is 172 Å². The Hall–Kier alpha value is 0.410. The first-order valence-electron chi connectivity index (χ1n) is 6.21. The topological polar surface area (TPSA) is 114 Å². The minimum atomic E-state index is -4.35. The van der Waals surface area contributed by atoms with Crippen molar-refractivity contribution in [2.75, 3.05) is 12.8 Å². The van der Waals surface area contributed by atoms with Gasteiger partial charge in [0.25, 0.3) is 0 Å². The molecule has 1 aliphatic rings. The second-order valence-electron chi connectivity index (χ2n) is 4.75. The van der Waals surface area contributed by atoms with Crippen LogP contribution in [0.5, 0.6) is 0 Å². The van der Waals surface area contributed by atoms with Crippen LogP contribution in [-0.2, 0) is 20.6 Å². The van der Waals surface area contributed by atoms with E-state index in [0.717, 1.165) is 0 Å². The van der Waals surface area contributed by atoms with Crippen LogP contribution in [0.25, 0.3) is 0 Å². The molecule has 1 fully saturated rings. The molecule has 2 unspecified atom stereocenters. The van der Waals surface area contributed by atoms with Crippen molar-refractivity contribution in [2.45, 2.75) is 24.9 Å². The van der Waals surface area contributed by atoms with Gasteiger partial charge in [-0.3, -0.25) is 4.79 Å². The maximum atomic E-state index is 12.2. The molecule has 1 aliphatic heterocycles. The fourth-order valence-electron chi connectivity index (χ4n) is 2.19. The fraction of sp³-hybridized carbons (Fsp3) is 0.500. The zero-order valence-corrected chi connectivity index (χ0v) is 17.6. The molecule has 2 heterocycles. The number of hydrogen-bond acceptors (Lipinski definition) is 6. The number of furan rings is 1. The van der Waals surface area contributed by atoms with Crippen LogP contribution in [0.4, 0.5) is 0 Å². The molecule has 0 radical (unpaired) electrons. The molecule has 0 spiro atoms. The van der Waals surface area contributed by atoms with E-state index in [-0.39, 0.29) is 77.2 Å². The van der Waals surface area contributed by atoms with E-state index in [1.54, 1.807) is 6.07 Å². The van der Waals surface area contributed by atoms with E-state index in [0.29, 0.717) is 19.4 Å². The molecule has 0 aliphatic carbocycles. The molecule has 0 aromatic carbocycles. The van der Waals surface area contributed by atoms with Gasteiger partial charge >= 0.3 is 59.1 Å². The van der Waals surface area contributed by atoms with Gasteiger partial charge in [0.05, 0.1) is 18.5 Å². The van der Waals surface area contributed by atoms with Crippen LogP contribution >= 0.6 is 7.37 Å². The average Bonchev–Trinajstić information content (AvgIpc) is 2.98. The maximum Gasteiger partial charge on any atom is 1.00 e. The molecule has 1 amide bonds. The van der Waals surface area contributed by atoms with Crippen LogP contribution < -0.4 is 69.1 Å². The van der Waals surface area contributed by atoms with Crippen LogP contribution in [0.2, 0.25) is 0 Å². The maximum absolute atomic E-state index is 12.2. The minimum Gasteiger partial charge on any atom is -0.798 e.